The minimum Gasteiger partial charge on any atom is -0.392 e. The van der Waals surface area contributed by atoms with Crippen LogP contribution in [-0.4, -0.2) is 23.7 Å². The molecule has 2 rings (SSSR count). The maximum atomic E-state index is 12.0. The molecule has 110 valence electrons. The summed E-state index contributed by atoms with van der Waals surface area (Å²) < 4.78 is 0. The van der Waals surface area contributed by atoms with Gasteiger partial charge in [0.1, 0.15) is 0 Å². The van der Waals surface area contributed by atoms with Crippen molar-refractivity contribution in [1.29, 1.82) is 0 Å². The van der Waals surface area contributed by atoms with Crippen molar-refractivity contribution >= 4 is 29.1 Å². The van der Waals surface area contributed by atoms with E-state index < -0.39 is 6.10 Å². The molecule has 1 aliphatic carbocycles. The second-order valence-electron chi connectivity index (χ2n) is 5.39. The van der Waals surface area contributed by atoms with Crippen molar-refractivity contribution in [2.45, 2.75) is 38.2 Å². The van der Waals surface area contributed by atoms with Crippen molar-refractivity contribution in [3.8, 4) is 0 Å². The molecular formula is C15H19Cl2NO2. The van der Waals surface area contributed by atoms with Crippen molar-refractivity contribution < 1.29 is 9.90 Å². The first-order chi connectivity index (χ1) is 9.50. The topological polar surface area (TPSA) is 49.3 Å². The van der Waals surface area contributed by atoms with E-state index in [1.165, 1.54) is 0 Å². The van der Waals surface area contributed by atoms with Crippen LogP contribution in [0.1, 0.15) is 37.7 Å². The summed E-state index contributed by atoms with van der Waals surface area (Å²) in [5.41, 5.74) is 0.850. The molecule has 0 spiro atoms. The highest BCUT2D eigenvalue weighted by Crippen LogP contribution is 2.31. The van der Waals surface area contributed by atoms with Gasteiger partial charge in [-0.05, 0) is 37.0 Å². The van der Waals surface area contributed by atoms with Crippen LogP contribution in [0.4, 0.5) is 0 Å². The van der Waals surface area contributed by atoms with E-state index in [9.17, 15) is 9.90 Å². The fourth-order valence-electron chi connectivity index (χ4n) is 2.71. The number of halogens is 2. The van der Waals surface area contributed by atoms with Crippen molar-refractivity contribution in [2.24, 2.45) is 5.92 Å². The summed E-state index contributed by atoms with van der Waals surface area (Å²) in [4.78, 5) is 12.0. The second-order valence-corrected chi connectivity index (χ2v) is 6.20. The van der Waals surface area contributed by atoms with Crippen LogP contribution in [0.3, 0.4) is 0 Å². The third-order valence-corrected chi connectivity index (χ3v) is 4.55. The third kappa shape index (κ3) is 3.46. The monoisotopic (exact) mass is 315 g/mol. The summed E-state index contributed by atoms with van der Waals surface area (Å²) >= 11 is 12.3. The lowest BCUT2D eigenvalue weighted by molar-refractivity contribution is -0.127. The number of amides is 1. The van der Waals surface area contributed by atoms with Crippen LogP contribution in [0.5, 0.6) is 0 Å². The van der Waals surface area contributed by atoms with E-state index >= 15 is 0 Å². The van der Waals surface area contributed by atoms with Crippen molar-refractivity contribution in [3.63, 3.8) is 0 Å². The highest BCUT2D eigenvalue weighted by Gasteiger charge is 2.31. The van der Waals surface area contributed by atoms with Gasteiger partial charge >= 0.3 is 0 Å². The van der Waals surface area contributed by atoms with Crippen LogP contribution >= 0.6 is 23.2 Å². The molecule has 2 N–H and O–H groups in total. The quantitative estimate of drug-likeness (QED) is 0.895. The highest BCUT2D eigenvalue weighted by atomic mass is 35.5. The van der Waals surface area contributed by atoms with E-state index in [0.29, 0.717) is 23.0 Å². The number of carbonyl (C=O) groups is 1. The smallest absolute Gasteiger partial charge is 0.225 e. The zero-order valence-corrected chi connectivity index (χ0v) is 12.9. The number of carbonyl (C=O) groups excluding carboxylic acids is 1. The Bertz CT molecular complexity index is 473. The van der Waals surface area contributed by atoms with Gasteiger partial charge in [-0.1, -0.05) is 36.2 Å². The molecule has 0 aromatic heterocycles. The molecule has 20 heavy (non-hydrogen) atoms. The summed E-state index contributed by atoms with van der Waals surface area (Å²) in [6, 6.07) is 5.39. The Hall–Kier alpha value is -0.770. The zero-order valence-electron chi connectivity index (χ0n) is 11.4. The maximum absolute atomic E-state index is 12.0. The summed E-state index contributed by atoms with van der Waals surface area (Å²) in [5.74, 6) is -0.326. The van der Waals surface area contributed by atoms with E-state index in [0.717, 1.165) is 18.4 Å². The molecule has 0 bridgehead atoms. The summed E-state index contributed by atoms with van der Waals surface area (Å²) in [6.45, 7) is 2.43. The number of nitrogens with one attached hydrogen (secondary N) is 1. The van der Waals surface area contributed by atoms with Gasteiger partial charge < -0.3 is 10.4 Å². The van der Waals surface area contributed by atoms with Gasteiger partial charge in [-0.3, -0.25) is 4.79 Å². The molecule has 0 saturated heterocycles. The van der Waals surface area contributed by atoms with Gasteiger partial charge in [0.2, 0.25) is 5.91 Å². The minimum absolute atomic E-state index is 0.0266. The van der Waals surface area contributed by atoms with E-state index in [1.807, 2.05) is 6.92 Å². The van der Waals surface area contributed by atoms with Gasteiger partial charge in [-0.2, -0.15) is 0 Å². The van der Waals surface area contributed by atoms with Gasteiger partial charge in [-0.15, -0.1) is 0 Å². The molecule has 1 aromatic rings. The first-order valence-electron chi connectivity index (χ1n) is 6.90. The van der Waals surface area contributed by atoms with Crippen LogP contribution in [0.2, 0.25) is 10.0 Å². The lowest BCUT2D eigenvalue weighted by atomic mass is 10.00. The molecule has 1 aromatic carbocycles. The van der Waals surface area contributed by atoms with Crippen molar-refractivity contribution in [3.05, 3.63) is 33.8 Å². The predicted octanol–water partition coefficient (Wildman–Crippen LogP) is 3.37. The number of hydrogen-bond acceptors (Lipinski definition) is 2. The Kier molecular flexibility index (Phi) is 5.30. The first-order valence-corrected chi connectivity index (χ1v) is 7.66. The van der Waals surface area contributed by atoms with Gasteiger partial charge in [0.05, 0.1) is 12.0 Å². The zero-order chi connectivity index (χ0) is 14.7. The minimum atomic E-state index is -0.505. The Balaban J connectivity index is 1.95. The standard InChI is InChI=1S/C15H19Cl2NO2/c1-9(14-11(16)5-3-6-12(14)17)8-18-15(20)10-4-2-7-13(10)19/h3,5-6,9-10,13,19H,2,4,7-8H2,1H3,(H,18,20). The lowest BCUT2D eigenvalue weighted by Crippen LogP contribution is -2.36. The molecular weight excluding hydrogens is 297 g/mol. The Morgan fingerprint density at radius 3 is 2.60 bits per heavy atom. The predicted molar refractivity (Wildman–Crippen MR) is 81.2 cm³/mol. The van der Waals surface area contributed by atoms with Crippen LogP contribution < -0.4 is 5.32 Å². The van der Waals surface area contributed by atoms with Gasteiger partial charge in [0.15, 0.2) is 0 Å². The molecule has 0 heterocycles. The number of aliphatic hydroxyl groups excluding tert-OH is 1. The highest BCUT2D eigenvalue weighted by molar-refractivity contribution is 6.36. The largest absolute Gasteiger partial charge is 0.392 e. The lowest BCUT2D eigenvalue weighted by Gasteiger charge is -2.19. The van der Waals surface area contributed by atoms with Crippen molar-refractivity contribution in [2.75, 3.05) is 6.54 Å². The van der Waals surface area contributed by atoms with E-state index in [1.54, 1.807) is 18.2 Å². The molecule has 1 saturated carbocycles. The van der Waals surface area contributed by atoms with Gasteiger partial charge in [0.25, 0.3) is 0 Å². The third-order valence-electron chi connectivity index (χ3n) is 3.89. The Morgan fingerprint density at radius 2 is 2.05 bits per heavy atom. The SMILES string of the molecule is CC(CNC(=O)C1CCCC1O)c1c(Cl)cccc1Cl. The molecule has 3 nitrogen and oxygen atoms in total. The molecule has 0 aliphatic heterocycles. The van der Waals surface area contributed by atoms with Crippen LogP contribution in [0.25, 0.3) is 0 Å². The van der Waals surface area contributed by atoms with E-state index in [4.69, 9.17) is 23.2 Å². The van der Waals surface area contributed by atoms with Gasteiger partial charge in [-0.25, -0.2) is 0 Å². The molecule has 3 atom stereocenters. The normalized spacial score (nSPS) is 23.6. The number of hydrogen-bond donors (Lipinski definition) is 2. The van der Waals surface area contributed by atoms with E-state index in [-0.39, 0.29) is 17.7 Å². The molecule has 1 aliphatic rings. The number of rotatable bonds is 4. The fraction of sp³-hybridized carbons (Fsp3) is 0.533. The molecule has 0 radical (unpaired) electrons. The second kappa shape index (κ2) is 6.79. The first kappa shape index (κ1) is 15.6. The Labute approximate surface area is 129 Å². The number of benzene rings is 1. The Morgan fingerprint density at radius 1 is 1.40 bits per heavy atom. The van der Waals surface area contributed by atoms with E-state index in [2.05, 4.69) is 5.32 Å². The van der Waals surface area contributed by atoms with Crippen LogP contribution in [0, 0.1) is 5.92 Å². The summed E-state index contributed by atoms with van der Waals surface area (Å²) in [6.07, 6.45) is 1.87. The summed E-state index contributed by atoms with van der Waals surface area (Å²) in [7, 11) is 0. The van der Waals surface area contributed by atoms with Gasteiger partial charge in [0, 0.05) is 22.5 Å². The average molecular weight is 316 g/mol. The van der Waals surface area contributed by atoms with Crippen LogP contribution in [0.15, 0.2) is 18.2 Å². The maximum Gasteiger partial charge on any atom is 0.225 e. The number of aliphatic hydroxyl groups is 1. The molecule has 3 unspecified atom stereocenters. The molecule has 5 heteroatoms. The van der Waals surface area contributed by atoms with Crippen LogP contribution in [-0.2, 0) is 4.79 Å². The fourth-order valence-corrected chi connectivity index (χ4v) is 3.48. The van der Waals surface area contributed by atoms with Crippen molar-refractivity contribution in [1.82, 2.24) is 5.32 Å². The molecule has 1 amide bonds. The average Bonchev–Trinajstić information content (AvgIpc) is 2.82. The summed E-state index contributed by atoms with van der Waals surface area (Å²) in [5, 5.41) is 13.8. The molecule has 1 fully saturated rings.